The Morgan fingerprint density at radius 1 is 1.14 bits per heavy atom. The van der Waals surface area contributed by atoms with Crippen molar-refractivity contribution in [3.8, 4) is 0 Å². The Morgan fingerprint density at radius 2 is 1.93 bits per heavy atom. The third-order valence-corrected chi connectivity index (χ3v) is 4.77. The van der Waals surface area contributed by atoms with Crippen LogP contribution in [-0.4, -0.2) is 30.4 Å². The molecule has 6 nitrogen and oxygen atoms in total. The van der Waals surface area contributed by atoms with Crippen LogP contribution in [0.2, 0.25) is 0 Å². The maximum absolute atomic E-state index is 12.5. The van der Waals surface area contributed by atoms with Gasteiger partial charge in [-0.15, -0.1) is 0 Å². The van der Waals surface area contributed by atoms with Crippen molar-refractivity contribution in [2.24, 2.45) is 0 Å². The van der Waals surface area contributed by atoms with Gasteiger partial charge in [-0.2, -0.15) is 0 Å². The van der Waals surface area contributed by atoms with Crippen molar-refractivity contribution in [2.45, 2.75) is 39.7 Å². The summed E-state index contributed by atoms with van der Waals surface area (Å²) >= 11 is 0. The second-order valence-corrected chi connectivity index (χ2v) is 7.05. The number of esters is 1. The summed E-state index contributed by atoms with van der Waals surface area (Å²) in [5.41, 5.74) is 3.63. The van der Waals surface area contributed by atoms with Gasteiger partial charge in [-0.05, 0) is 62.6 Å². The van der Waals surface area contributed by atoms with E-state index in [4.69, 9.17) is 4.74 Å². The van der Waals surface area contributed by atoms with Crippen LogP contribution in [0.15, 0.2) is 42.5 Å². The molecule has 28 heavy (non-hydrogen) atoms. The number of hydrogen-bond donors (Lipinski definition) is 1. The fourth-order valence-corrected chi connectivity index (χ4v) is 3.11. The number of carbonyl (C=O) groups is 3. The van der Waals surface area contributed by atoms with Gasteiger partial charge in [-0.1, -0.05) is 18.2 Å². The topological polar surface area (TPSA) is 75.7 Å². The van der Waals surface area contributed by atoms with Crippen molar-refractivity contribution in [2.75, 3.05) is 16.8 Å². The smallest absolute Gasteiger partial charge is 0.338 e. The highest BCUT2D eigenvalue weighted by Crippen LogP contribution is 2.23. The van der Waals surface area contributed by atoms with Gasteiger partial charge in [0.15, 0.2) is 6.10 Å². The number of rotatable bonds is 5. The summed E-state index contributed by atoms with van der Waals surface area (Å²) in [6, 6.07) is 12.5. The lowest BCUT2D eigenvalue weighted by Crippen LogP contribution is -2.30. The molecule has 2 aromatic rings. The number of anilines is 2. The van der Waals surface area contributed by atoms with Crippen molar-refractivity contribution in [1.82, 2.24) is 0 Å². The van der Waals surface area contributed by atoms with Gasteiger partial charge in [0.25, 0.3) is 5.91 Å². The second kappa shape index (κ2) is 8.25. The lowest BCUT2D eigenvalue weighted by molar-refractivity contribution is -0.123. The second-order valence-electron chi connectivity index (χ2n) is 7.05. The Morgan fingerprint density at radius 3 is 2.64 bits per heavy atom. The first-order chi connectivity index (χ1) is 13.3. The van der Waals surface area contributed by atoms with Gasteiger partial charge in [0, 0.05) is 24.3 Å². The zero-order valence-electron chi connectivity index (χ0n) is 16.3. The van der Waals surface area contributed by atoms with E-state index in [1.807, 2.05) is 32.0 Å². The molecule has 0 unspecified atom stereocenters. The summed E-state index contributed by atoms with van der Waals surface area (Å²) in [4.78, 5) is 38.5. The van der Waals surface area contributed by atoms with Gasteiger partial charge < -0.3 is 15.0 Å². The third kappa shape index (κ3) is 4.39. The number of aryl methyl sites for hydroxylation is 2. The molecule has 1 saturated heterocycles. The van der Waals surface area contributed by atoms with E-state index in [-0.39, 0.29) is 5.91 Å². The average molecular weight is 380 g/mol. The Labute approximate surface area is 164 Å². The zero-order chi connectivity index (χ0) is 20.3. The molecule has 0 saturated carbocycles. The van der Waals surface area contributed by atoms with Crippen molar-refractivity contribution in [1.29, 1.82) is 0 Å². The number of nitrogens with one attached hydrogen (secondary N) is 1. The van der Waals surface area contributed by atoms with Crippen LogP contribution in [0.4, 0.5) is 11.4 Å². The monoisotopic (exact) mass is 380 g/mol. The Bertz CT molecular complexity index is 923. The van der Waals surface area contributed by atoms with Crippen LogP contribution in [0.1, 0.15) is 41.3 Å². The first kappa shape index (κ1) is 19.6. The Hall–Kier alpha value is -3.15. The van der Waals surface area contributed by atoms with Gasteiger partial charge in [0.05, 0.1) is 5.56 Å². The number of amides is 2. The maximum Gasteiger partial charge on any atom is 0.338 e. The molecule has 2 amide bonds. The van der Waals surface area contributed by atoms with Gasteiger partial charge in [0.2, 0.25) is 5.91 Å². The van der Waals surface area contributed by atoms with E-state index in [1.165, 1.54) is 6.92 Å². The van der Waals surface area contributed by atoms with Crippen LogP contribution in [0, 0.1) is 13.8 Å². The minimum Gasteiger partial charge on any atom is -0.449 e. The predicted octanol–water partition coefficient (Wildman–Crippen LogP) is 3.61. The van der Waals surface area contributed by atoms with Gasteiger partial charge >= 0.3 is 5.97 Å². The molecule has 0 bridgehead atoms. The first-order valence-electron chi connectivity index (χ1n) is 9.34. The minimum absolute atomic E-state index is 0.0480. The largest absolute Gasteiger partial charge is 0.449 e. The number of hydrogen-bond acceptors (Lipinski definition) is 4. The molecule has 0 radical (unpaired) electrons. The van der Waals surface area contributed by atoms with Gasteiger partial charge in [-0.25, -0.2) is 4.79 Å². The summed E-state index contributed by atoms with van der Waals surface area (Å²) in [5.74, 6) is -0.947. The van der Waals surface area contributed by atoms with E-state index < -0.39 is 18.0 Å². The van der Waals surface area contributed by atoms with Crippen LogP contribution in [0.25, 0.3) is 0 Å². The summed E-state index contributed by atoms with van der Waals surface area (Å²) in [6.45, 7) is 6.02. The van der Waals surface area contributed by atoms with Crippen LogP contribution in [0.3, 0.4) is 0 Å². The average Bonchev–Trinajstić information content (AvgIpc) is 3.10. The molecule has 146 valence electrons. The summed E-state index contributed by atoms with van der Waals surface area (Å²) < 4.78 is 5.33. The van der Waals surface area contributed by atoms with Crippen LogP contribution >= 0.6 is 0 Å². The Balaban J connectivity index is 1.66. The minimum atomic E-state index is -0.954. The molecule has 0 aliphatic carbocycles. The predicted molar refractivity (Wildman–Crippen MR) is 107 cm³/mol. The highest BCUT2D eigenvalue weighted by Gasteiger charge is 2.24. The molecular weight excluding hydrogens is 356 g/mol. The van der Waals surface area contributed by atoms with Crippen LogP contribution < -0.4 is 10.2 Å². The maximum atomic E-state index is 12.5. The Kier molecular flexibility index (Phi) is 5.78. The molecule has 6 heteroatoms. The molecule has 2 aromatic carbocycles. The molecule has 1 aliphatic heterocycles. The fraction of sp³-hybridized carbons (Fsp3) is 0.318. The third-order valence-electron chi connectivity index (χ3n) is 4.77. The summed E-state index contributed by atoms with van der Waals surface area (Å²) in [7, 11) is 0. The van der Waals surface area contributed by atoms with Crippen LogP contribution in [0.5, 0.6) is 0 Å². The number of nitrogens with zero attached hydrogens (tertiary/aromatic N) is 1. The van der Waals surface area contributed by atoms with Crippen molar-refractivity contribution in [3.63, 3.8) is 0 Å². The molecule has 1 heterocycles. The molecule has 0 aromatic heterocycles. The van der Waals surface area contributed by atoms with Crippen LogP contribution in [-0.2, 0) is 14.3 Å². The van der Waals surface area contributed by atoms with E-state index in [0.717, 1.165) is 17.5 Å². The standard InChI is InChI=1S/C22H24N2O4/c1-14-9-10-15(2)19(12-14)23-21(26)16(3)28-22(27)17-6-4-7-18(13-17)24-11-5-8-20(24)25/h4,6-7,9-10,12-13,16H,5,8,11H2,1-3H3,(H,23,26)/t16-/m1/s1. The highest BCUT2D eigenvalue weighted by atomic mass is 16.5. The molecule has 1 N–H and O–H groups in total. The first-order valence-corrected chi connectivity index (χ1v) is 9.34. The fourth-order valence-electron chi connectivity index (χ4n) is 3.11. The van der Waals surface area contributed by atoms with E-state index in [9.17, 15) is 14.4 Å². The molecule has 1 fully saturated rings. The van der Waals surface area contributed by atoms with Gasteiger partial charge in [-0.3, -0.25) is 9.59 Å². The normalized spacial score (nSPS) is 14.7. The summed E-state index contributed by atoms with van der Waals surface area (Å²) in [6.07, 6.45) is 0.373. The molecule has 1 atom stereocenters. The molecule has 0 spiro atoms. The lowest BCUT2D eigenvalue weighted by Gasteiger charge is -2.17. The van der Waals surface area contributed by atoms with Gasteiger partial charge in [0.1, 0.15) is 0 Å². The van der Waals surface area contributed by atoms with E-state index in [0.29, 0.717) is 29.9 Å². The lowest BCUT2D eigenvalue weighted by atomic mass is 10.1. The summed E-state index contributed by atoms with van der Waals surface area (Å²) in [5, 5.41) is 2.80. The quantitative estimate of drug-likeness (QED) is 0.804. The highest BCUT2D eigenvalue weighted by molar-refractivity contribution is 5.99. The van der Waals surface area contributed by atoms with Crippen molar-refractivity contribution >= 4 is 29.2 Å². The molecule has 3 rings (SSSR count). The number of benzene rings is 2. The van der Waals surface area contributed by atoms with E-state index in [1.54, 1.807) is 29.2 Å². The number of carbonyl (C=O) groups excluding carboxylic acids is 3. The zero-order valence-corrected chi connectivity index (χ0v) is 16.3. The van der Waals surface area contributed by atoms with E-state index in [2.05, 4.69) is 5.32 Å². The van der Waals surface area contributed by atoms with Crippen molar-refractivity contribution < 1.29 is 19.1 Å². The molecular formula is C22H24N2O4. The SMILES string of the molecule is Cc1ccc(C)c(NC(=O)[C@@H](C)OC(=O)c2cccc(N3CCCC3=O)c2)c1. The van der Waals surface area contributed by atoms with Crippen molar-refractivity contribution in [3.05, 3.63) is 59.2 Å². The number of ether oxygens (including phenoxy) is 1. The molecule has 1 aliphatic rings. The van der Waals surface area contributed by atoms with E-state index >= 15 is 0 Å².